The van der Waals surface area contributed by atoms with Crippen molar-refractivity contribution in [2.45, 2.75) is 44.9 Å². The summed E-state index contributed by atoms with van der Waals surface area (Å²) in [6.45, 7) is 0. The molecule has 1 fully saturated rings. The molecule has 0 bridgehead atoms. The molecule has 2 N–H and O–H groups in total. The number of carbonyl (C=O) groups is 1. The third-order valence-corrected chi connectivity index (χ3v) is 4.56. The maximum absolute atomic E-state index is 12.0. The molecule has 0 atom stereocenters. The zero-order valence-corrected chi connectivity index (χ0v) is 13.8. The molecule has 1 aliphatic rings. The fourth-order valence-electron chi connectivity index (χ4n) is 2.91. The maximum Gasteiger partial charge on any atom is 0.229 e. The quantitative estimate of drug-likeness (QED) is 0.842. The van der Waals surface area contributed by atoms with Crippen LogP contribution in [0.15, 0.2) is 24.3 Å². The third-order valence-electron chi connectivity index (χ3n) is 3.95. The second kappa shape index (κ2) is 7.63. The van der Waals surface area contributed by atoms with E-state index in [0.717, 1.165) is 12.7 Å². The van der Waals surface area contributed by atoms with Crippen LogP contribution in [0.3, 0.4) is 0 Å². The van der Waals surface area contributed by atoms with Gasteiger partial charge < -0.3 is 5.32 Å². The predicted octanol–water partition coefficient (Wildman–Crippen LogP) is 3.36. The van der Waals surface area contributed by atoms with Crippen molar-refractivity contribution in [1.29, 1.82) is 0 Å². The van der Waals surface area contributed by atoms with Crippen molar-refractivity contribution in [1.82, 2.24) is 0 Å². The van der Waals surface area contributed by atoms with Crippen LogP contribution in [-0.2, 0) is 14.8 Å². The van der Waals surface area contributed by atoms with Crippen LogP contribution in [0, 0.1) is 5.92 Å². The highest BCUT2D eigenvalue weighted by molar-refractivity contribution is 7.92. The minimum atomic E-state index is -3.31. The molecule has 6 heteroatoms. The number of anilines is 2. The van der Waals surface area contributed by atoms with Gasteiger partial charge in [-0.15, -0.1) is 0 Å². The molecular formula is C16H24N2O3S. The van der Waals surface area contributed by atoms with E-state index in [-0.39, 0.29) is 5.91 Å². The molecule has 122 valence electrons. The number of benzene rings is 1. The minimum absolute atomic E-state index is 0.0120. The van der Waals surface area contributed by atoms with Crippen molar-refractivity contribution in [3.8, 4) is 0 Å². The molecule has 1 aromatic rings. The smallest absolute Gasteiger partial charge is 0.229 e. The van der Waals surface area contributed by atoms with Crippen molar-refractivity contribution < 1.29 is 13.2 Å². The van der Waals surface area contributed by atoms with E-state index in [1.807, 2.05) is 0 Å². The molecule has 5 nitrogen and oxygen atoms in total. The van der Waals surface area contributed by atoms with Crippen molar-refractivity contribution >= 4 is 27.3 Å². The Morgan fingerprint density at radius 1 is 1.18 bits per heavy atom. The SMILES string of the molecule is CS(=O)(=O)Nc1cccc(NC(=O)CCC2CCCCC2)c1. The van der Waals surface area contributed by atoms with Crippen LogP contribution >= 0.6 is 0 Å². The summed E-state index contributed by atoms with van der Waals surface area (Å²) < 4.78 is 24.8. The van der Waals surface area contributed by atoms with E-state index in [1.54, 1.807) is 24.3 Å². The van der Waals surface area contributed by atoms with E-state index in [0.29, 0.717) is 23.7 Å². The first-order valence-electron chi connectivity index (χ1n) is 7.80. The molecular weight excluding hydrogens is 300 g/mol. The van der Waals surface area contributed by atoms with Crippen LogP contribution in [0.2, 0.25) is 0 Å². The molecule has 1 aromatic carbocycles. The summed E-state index contributed by atoms with van der Waals surface area (Å²) in [5.41, 5.74) is 1.06. The molecule has 22 heavy (non-hydrogen) atoms. The Morgan fingerprint density at radius 2 is 1.86 bits per heavy atom. The lowest BCUT2D eigenvalue weighted by molar-refractivity contribution is -0.116. The van der Waals surface area contributed by atoms with E-state index in [2.05, 4.69) is 10.0 Å². The third kappa shape index (κ3) is 6.05. The average Bonchev–Trinajstić information content (AvgIpc) is 2.45. The Bertz CT molecular complexity index is 608. The summed E-state index contributed by atoms with van der Waals surface area (Å²) in [6.07, 6.45) is 8.92. The van der Waals surface area contributed by atoms with Crippen molar-refractivity contribution in [2.75, 3.05) is 16.3 Å². The topological polar surface area (TPSA) is 75.3 Å². The van der Waals surface area contributed by atoms with Gasteiger partial charge in [-0.25, -0.2) is 8.42 Å². The Hall–Kier alpha value is -1.56. The zero-order valence-electron chi connectivity index (χ0n) is 13.0. The molecule has 0 unspecified atom stereocenters. The lowest BCUT2D eigenvalue weighted by Gasteiger charge is -2.21. The normalized spacial score (nSPS) is 16.2. The summed E-state index contributed by atoms with van der Waals surface area (Å²) in [4.78, 5) is 12.0. The van der Waals surface area contributed by atoms with Gasteiger partial charge in [-0.3, -0.25) is 9.52 Å². The van der Waals surface area contributed by atoms with Crippen LogP contribution < -0.4 is 10.0 Å². The van der Waals surface area contributed by atoms with Crippen LogP contribution in [0.1, 0.15) is 44.9 Å². The first-order valence-corrected chi connectivity index (χ1v) is 9.69. The van der Waals surface area contributed by atoms with Gasteiger partial charge in [0.15, 0.2) is 0 Å². The second-order valence-electron chi connectivity index (χ2n) is 6.05. The molecule has 0 aliphatic heterocycles. The molecule has 1 amide bonds. The number of carbonyl (C=O) groups excluding carboxylic acids is 1. The van der Waals surface area contributed by atoms with Crippen LogP contribution in [0.5, 0.6) is 0 Å². The number of nitrogens with one attached hydrogen (secondary N) is 2. The maximum atomic E-state index is 12.0. The number of hydrogen-bond donors (Lipinski definition) is 2. The molecule has 0 heterocycles. The van der Waals surface area contributed by atoms with Crippen LogP contribution in [0.4, 0.5) is 11.4 Å². The monoisotopic (exact) mass is 324 g/mol. The van der Waals surface area contributed by atoms with Gasteiger partial charge in [0.05, 0.1) is 11.9 Å². The van der Waals surface area contributed by atoms with Gasteiger partial charge in [0, 0.05) is 12.1 Å². The summed E-state index contributed by atoms with van der Waals surface area (Å²) in [7, 11) is -3.31. The molecule has 0 spiro atoms. The number of sulfonamides is 1. The number of rotatable bonds is 6. The fourth-order valence-corrected chi connectivity index (χ4v) is 3.46. The lowest BCUT2D eigenvalue weighted by Crippen LogP contribution is -2.15. The first kappa shape index (κ1) is 16.8. The molecule has 1 aliphatic carbocycles. The van der Waals surface area contributed by atoms with Crippen molar-refractivity contribution in [3.63, 3.8) is 0 Å². The van der Waals surface area contributed by atoms with Gasteiger partial charge in [0.25, 0.3) is 0 Å². The fraction of sp³-hybridized carbons (Fsp3) is 0.562. The van der Waals surface area contributed by atoms with Gasteiger partial charge in [-0.1, -0.05) is 38.2 Å². The molecule has 1 saturated carbocycles. The van der Waals surface area contributed by atoms with Gasteiger partial charge in [-0.05, 0) is 30.5 Å². The van der Waals surface area contributed by atoms with E-state index in [1.165, 1.54) is 32.1 Å². The molecule has 0 aromatic heterocycles. The largest absolute Gasteiger partial charge is 0.326 e. The Balaban J connectivity index is 1.84. The molecule has 0 saturated heterocycles. The number of amides is 1. The van der Waals surface area contributed by atoms with Crippen molar-refractivity contribution in [3.05, 3.63) is 24.3 Å². The summed E-state index contributed by atoms with van der Waals surface area (Å²) in [5.74, 6) is 0.666. The van der Waals surface area contributed by atoms with E-state index >= 15 is 0 Å². The Kier molecular flexibility index (Phi) is 5.83. The summed E-state index contributed by atoms with van der Waals surface area (Å²) in [5, 5.41) is 2.83. The van der Waals surface area contributed by atoms with Gasteiger partial charge in [-0.2, -0.15) is 0 Å². The predicted molar refractivity (Wildman–Crippen MR) is 89.3 cm³/mol. The summed E-state index contributed by atoms with van der Waals surface area (Å²) >= 11 is 0. The first-order chi connectivity index (χ1) is 10.4. The average molecular weight is 324 g/mol. The zero-order chi connectivity index (χ0) is 16.0. The van der Waals surface area contributed by atoms with E-state index in [9.17, 15) is 13.2 Å². The van der Waals surface area contributed by atoms with Gasteiger partial charge >= 0.3 is 0 Å². The van der Waals surface area contributed by atoms with Gasteiger partial charge in [0.1, 0.15) is 0 Å². The number of hydrogen-bond acceptors (Lipinski definition) is 3. The minimum Gasteiger partial charge on any atom is -0.326 e. The Morgan fingerprint density at radius 3 is 2.55 bits per heavy atom. The highest BCUT2D eigenvalue weighted by Gasteiger charge is 2.15. The van der Waals surface area contributed by atoms with E-state index in [4.69, 9.17) is 0 Å². The second-order valence-corrected chi connectivity index (χ2v) is 7.79. The standard InChI is InChI=1S/C16H24N2O3S/c1-22(20,21)18-15-9-5-8-14(12-15)17-16(19)11-10-13-6-3-2-4-7-13/h5,8-9,12-13,18H,2-4,6-7,10-11H2,1H3,(H,17,19). The highest BCUT2D eigenvalue weighted by atomic mass is 32.2. The molecule has 0 radical (unpaired) electrons. The van der Waals surface area contributed by atoms with Crippen LogP contribution in [0.25, 0.3) is 0 Å². The highest BCUT2D eigenvalue weighted by Crippen LogP contribution is 2.27. The van der Waals surface area contributed by atoms with Crippen LogP contribution in [-0.4, -0.2) is 20.6 Å². The lowest BCUT2D eigenvalue weighted by atomic mass is 9.86. The molecule has 2 rings (SSSR count). The summed E-state index contributed by atoms with van der Waals surface area (Å²) in [6, 6.07) is 6.74. The Labute approximate surface area is 132 Å². The van der Waals surface area contributed by atoms with Crippen molar-refractivity contribution in [2.24, 2.45) is 5.92 Å². The van der Waals surface area contributed by atoms with E-state index < -0.39 is 10.0 Å². The van der Waals surface area contributed by atoms with Gasteiger partial charge in [0.2, 0.25) is 15.9 Å².